The number of rotatable bonds is 4. The molecule has 0 fully saturated rings. The van der Waals surface area contributed by atoms with E-state index < -0.39 is 0 Å². The Balaban J connectivity index is 2.16. The summed E-state index contributed by atoms with van der Waals surface area (Å²) in [5, 5.41) is 7.75. The molecule has 0 saturated heterocycles. The van der Waals surface area contributed by atoms with Crippen LogP contribution >= 0.6 is 0 Å². The quantitative estimate of drug-likeness (QED) is 0.580. The number of hydrogen-bond donors (Lipinski definition) is 2. The van der Waals surface area contributed by atoms with E-state index in [1.165, 1.54) is 5.56 Å². The van der Waals surface area contributed by atoms with Crippen LogP contribution in [0, 0.1) is 0 Å². The van der Waals surface area contributed by atoms with Gasteiger partial charge < -0.3 is 0 Å². The van der Waals surface area contributed by atoms with E-state index in [-0.39, 0.29) is 6.04 Å². The fourth-order valence-corrected chi connectivity index (χ4v) is 1.71. The lowest BCUT2D eigenvalue weighted by atomic mass is 10.0. The van der Waals surface area contributed by atoms with Gasteiger partial charge in [-0.05, 0) is 12.0 Å². The largest absolute Gasteiger partial charge is 0.271 e. The fraction of sp³-hybridized carbons (Fsp3) is 0.273. The second kappa shape index (κ2) is 4.87. The lowest BCUT2D eigenvalue weighted by molar-refractivity contribution is 0.507. The van der Waals surface area contributed by atoms with Gasteiger partial charge in [-0.1, -0.05) is 35.5 Å². The van der Waals surface area contributed by atoms with Crippen LogP contribution in [0.25, 0.3) is 0 Å². The summed E-state index contributed by atoms with van der Waals surface area (Å²) in [5.74, 6) is 5.56. The van der Waals surface area contributed by atoms with Gasteiger partial charge in [-0.2, -0.15) is 0 Å². The summed E-state index contributed by atoms with van der Waals surface area (Å²) < 4.78 is 1.73. The molecule has 1 heterocycles. The van der Waals surface area contributed by atoms with Crippen LogP contribution in [-0.2, 0) is 13.5 Å². The van der Waals surface area contributed by atoms with Crippen molar-refractivity contribution in [1.29, 1.82) is 0 Å². The second-order valence-electron chi connectivity index (χ2n) is 3.69. The monoisotopic (exact) mass is 217 g/mol. The Morgan fingerprint density at radius 3 is 2.69 bits per heavy atom. The molecule has 1 aromatic heterocycles. The zero-order chi connectivity index (χ0) is 11.4. The van der Waals surface area contributed by atoms with Crippen molar-refractivity contribution >= 4 is 0 Å². The molecule has 1 atom stereocenters. The van der Waals surface area contributed by atoms with Crippen molar-refractivity contribution in [2.24, 2.45) is 12.9 Å². The second-order valence-corrected chi connectivity index (χ2v) is 3.69. The molecule has 1 aromatic carbocycles. The average Bonchev–Trinajstić information content (AvgIpc) is 2.74. The van der Waals surface area contributed by atoms with Gasteiger partial charge in [0.2, 0.25) is 0 Å². The van der Waals surface area contributed by atoms with Crippen molar-refractivity contribution in [1.82, 2.24) is 20.4 Å². The van der Waals surface area contributed by atoms with Gasteiger partial charge in [-0.15, -0.1) is 5.10 Å². The molecule has 0 spiro atoms. The molecule has 2 rings (SSSR count). The molecule has 0 amide bonds. The highest BCUT2D eigenvalue weighted by Gasteiger charge is 2.14. The molecule has 16 heavy (non-hydrogen) atoms. The minimum atomic E-state index is 0.0300. The summed E-state index contributed by atoms with van der Waals surface area (Å²) in [5.41, 5.74) is 5.00. The molecule has 5 nitrogen and oxygen atoms in total. The van der Waals surface area contributed by atoms with Crippen molar-refractivity contribution < 1.29 is 0 Å². The number of nitrogens with zero attached hydrogens (tertiary/aromatic N) is 3. The smallest absolute Gasteiger partial charge is 0.0770 e. The van der Waals surface area contributed by atoms with E-state index in [2.05, 4.69) is 27.9 Å². The average molecular weight is 217 g/mol. The summed E-state index contributed by atoms with van der Waals surface area (Å²) in [4.78, 5) is 0. The fourth-order valence-electron chi connectivity index (χ4n) is 1.71. The topological polar surface area (TPSA) is 68.8 Å². The number of nitrogens with one attached hydrogen (secondary N) is 1. The molecule has 1 unspecified atom stereocenters. The van der Waals surface area contributed by atoms with E-state index in [1.807, 2.05) is 25.2 Å². The van der Waals surface area contributed by atoms with Gasteiger partial charge in [0.25, 0.3) is 0 Å². The molecule has 0 bridgehead atoms. The van der Waals surface area contributed by atoms with Gasteiger partial charge in [-0.25, -0.2) is 0 Å². The van der Waals surface area contributed by atoms with E-state index >= 15 is 0 Å². The number of benzene rings is 1. The van der Waals surface area contributed by atoms with Crippen LogP contribution in [0.3, 0.4) is 0 Å². The lowest BCUT2D eigenvalue weighted by Crippen LogP contribution is -2.31. The predicted octanol–water partition coefficient (Wildman–Crippen LogP) is 0.562. The normalized spacial score (nSPS) is 12.6. The molecule has 0 aliphatic heterocycles. The highest BCUT2D eigenvalue weighted by atomic mass is 15.4. The molecule has 0 aliphatic rings. The molecule has 5 heteroatoms. The number of aromatic nitrogens is 3. The first-order valence-corrected chi connectivity index (χ1v) is 5.16. The maximum Gasteiger partial charge on any atom is 0.0770 e. The first kappa shape index (κ1) is 10.8. The summed E-state index contributed by atoms with van der Waals surface area (Å²) in [6.07, 6.45) is 2.55. The number of nitrogens with two attached hydrogens (primary N) is 1. The van der Waals surface area contributed by atoms with Crippen LogP contribution in [0.4, 0.5) is 0 Å². The summed E-state index contributed by atoms with van der Waals surface area (Å²) in [6.45, 7) is 0. The summed E-state index contributed by atoms with van der Waals surface area (Å²) in [7, 11) is 1.86. The van der Waals surface area contributed by atoms with Gasteiger partial charge in [0.1, 0.15) is 0 Å². The molecule has 2 aromatic rings. The van der Waals surface area contributed by atoms with E-state index in [1.54, 1.807) is 10.9 Å². The van der Waals surface area contributed by atoms with Gasteiger partial charge in [-0.3, -0.25) is 16.0 Å². The zero-order valence-corrected chi connectivity index (χ0v) is 9.17. The van der Waals surface area contributed by atoms with Crippen molar-refractivity contribution in [2.45, 2.75) is 12.5 Å². The SMILES string of the molecule is Cn1nncc1C(Cc1ccccc1)NN. The van der Waals surface area contributed by atoms with Crippen LogP contribution in [-0.4, -0.2) is 15.0 Å². The van der Waals surface area contributed by atoms with Crippen LogP contribution in [0.1, 0.15) is 17.3 Å². The molecular formula is C11H15N5. The van der Waals surface area contributed by atoms with Crippen molar-refractivity contribution in [3.8, 4) is 0 Å². The Morgan fingerprint density at radius 2 is 2.12 bits per heavy atom. The lowest BCUT2D eigenvalue weighted by Gasteiger charge is -2.15. The van der Waals surface area contributed by atoms with Crippen molar-refractivity contribution in [2.75, 3.05) is 0 Å². The predicted molar refractivity (Wildman–Crippen MR) is 61.2 cm³/mol. The van der Waals surface area contributed by atoms with Crippen LogP contribution < -0.4 is 11.3 Å². The minimum Gasteiger partial charge on any atom is -0.271 e. The molecule has 0 radical (unpaired) electrons. The minimum absolute atomic E-state index is 0.0300. The van der Waals surface area contributed by atoms with Crippen LogP contribution in [0.5, 0.6) is 0 Å². The maximum absolute atomic E-state index is 5.56. The third kappa shape index (κ3) is 2.26. The van der Waals surface area contributed by atoms with Crippen LogP contribution in [0.15, 0.2) is 36.5 Å². The van der Waals surface area contributed by atoms with E-state index in [4.69, 9.17) is 5.84 Å². The summed E-state index contributed by atoms with van der Waals surface area (Å²) >= 11 is 0. The van der Waals surface area contributed by atoms with E-state index in [9.17, 15) is 0 Å². The molecule has 0 saturated carbocycles. The molecule has 0 aliphatic carbocycles. The number of hydrogen-bond acceptors (Lipinski definition) is 4. The molecule has 3 N–H and O–H groups in total. The van der Waals surface area contributed by atoms with Gasteiger partial charge in [0, 0.05) is 7.05 Å². The number of aryl methyl sites for hydroxylation is 1. The standard InChI is InChI=1S/C11H15N5/c1-16-11(8-13-15-16)10(14-12)7-9-5-3-2-4-6-9/h2-6,8,10,14H,7,12H2,1H3. The Kier molecular flexibility index (Phi) is 3.28. The van der Waals surface area contributed by atoms with Gasteiger partial charge >= 0.3 is 0 Å². The Morgan fingerprint density at radius 1 is 1.38 bits per heavy atom. The highest BCUT2D eigenvalue weighted by molar-refractivity contribution is 5.18. The Bertz CT molecular complexity index is 437. The third-order valence-corrected chi connectivity index (χ3v) is 2.59. The van der Waals surface area contributed by atoms with Gasteiger partial charge in [0.05, 0.1) is 17.9 Å². The third-order valence-electron chi connectivity index (χ3n) is 2.59. The first-order valence-electron chi connectivity index (χ1n) is 5.16. The number of hydrazine groups is 1. The van der Waals surface area contributed by atoms with E-state index in [0.29, 0.717) is 0 Å². The Labute approximate surface area is 94.2 Å². The zero-order valence-electron chi connectivity index (χ0n) is 9.17. The Hall–Kier alpha value is -1.72. The maximum atomic E-state index is 5.56. The molecule has 84 valence electrons. The van der Waals surface area contributed by atoms with Crippen molar-refractivity contribution in [3.05, 3.63) is 47.8 Å². The summed E-state index contributed by atoms with van der Waals surface area (Å²) in [6, 6.07) is 10.2. The van der Waals surface area contributed by atoms with Crippen LogP contribution in [0.2, 0.25) is 0 Å². The van der Waals surface area contributed by atoms with Gasteiger partial charge in [0.15, 0.2) is 0 Å². The van der Waals surface area contributed by atoms with E-state index in [0.717, 1.165) is 12.1 Å². The first-order chi connectivity index (χ1) is 7.81. The van der Waals surface area contributed by atoms with Crippen molar-refractivity contribution in [3.63, 3.8) is 0 Å². The molecular weight excluding hydrogens is 202 g/mol. The highest BCUT2D eigenvalue weighted by Crippen LogP contribution is 2.15.